The van der Waals surface area contributed by atoms with Crippen molar-refractivity contribution < 1.29 is 73.5 Å². The SMILES string of the molecule is COS(=O)(=O)c1ccc(C2=C(c3ccccc3)C(c3ccccc3)=C(c3ccc(CS(=O)(=O)O)cc3)C2=O)cc1.O=C(C(=O)c1ccc(C(=O)C(=O)c2ccccc2)cc1)c1ccccc1.O=C(C(=O)c1ccccc1)c1ccccc1.O=C(Cc1ccccc1)Cc1ccccc1.O=C(Cc1ccccc1)Cc1ccccc1.O=C1C(c2ccccc2)=C(c2ccccc2)C(c2ccccc2)=C1c1ccccc1. The molecule has 0 heterocycles. The van der Waals surface area contributed by atoms with E-state index in [-0.39, 0.29) is 39.2 Å². The van der Waals surface area contributed by atoms with Crippen molar-refractivity contribution >= 4 is 123 Å². The zero-order chi connectivity index (χ0) is 101. The molecular formula is C126H96O16S2. The number of ketones is 10. The van der Waals surface area contributed by atoms with Gasteiger partial charge in [0.1, 0.15) is 17.3 Å². The topological polar surface area (TPSA) is 268 Å². The van der Waals surface area contributed by atoms with Crippen LogP contribution in [0, 0.1) is 0 Å². The van der Waals surface area contributed by atoms with Gasteiger partial charge in [0.15, 0.2) is 11.6 Å². The van der Waals surface area contributed by atoms with E-state index in [0.29, 0.717) is 86.9 Å². The van der Waals surface area contributed by atoms with Crippen molar-refractivity contribution in [2.45, 2.75) is 36.3 Å². The van der Waals surface area contributed by atoms with E-state index in [4.69, 9.17) is 0 Å². The van der Waals surface area contributed by atoms with Gasteiger partial charge in [-0.25, -0.2) is 0 Å². The number of hydrogen-bond donors (Lipinski definition) is 1. The van der Waals surface area contributed by atoms with E-state index in [1.165, 1.54) is 36.4 Å². The number of Topliss-reactive ketones (excluding diaryl/α,β-unsaturated/α-hetero) is 10. The molecule has 18 heteroatoms. The molecule has 0 atom stereocenters. The third-order valence-corrected chi connectivity index (χ3v) is 25.2. The second-order valence-corrected chi connectivity index (χ2v) is 36.3. The third kappa shape index (κ3) is 27.4. The van der Waals surface area contributed by atoms with Crippen LogP contribution in [-0.2, 0) is 75.0 Å². The molecule has 0 amide bonds. The van der Waals surface area contributed by atoms with Crippen LogP contribution in [0.15, 0.2) is 502 Å². The largest absolute Gasteiger partial charge is 0.299 e. The van der Waals surface area contributed by atoms with Crippen LogP contribution in [0.4, 0.5) is 0 Å². The van der Waals surface area contributed by atoms with Gasteiger partial charge in [-0.15, -0.1) is 0 Å². The van der Waals surface area contributed by atoms with Crippen molar-refractivity contribution in [2.75, 3.05) is 7.11 Å². The average Bonchev–Trinajstić information content (AvgIpc) is 1.59. The molecule has 19 rings (SSSR count). The first-order valence-electron chi connectivity index (χ1n) is 46.1. The fourth-order valence-corrected chi connectivity index (χ4v) is 17.6. The van der Waals surface area contributed by atoms with Gasteiger partial charge >= 0.3 is 0 Å². The normalized spacial score (nSPS) is 12.0. The van der Waals surface area contributed by atoms with Gasteiger partial charge in [0.05, 0.1) is 12.0 Å². The van der Waals surface area contributed by atoms with Crippen molar-refractivity contribution in [2.24, 2.45) is 0 Å². The summed E-state index contributed by atoms with van der Waals surface area (Å²) in [6, 6.07) is 150. The average molecular weight is 1930 g/mol. The lowest BCUT2D eigenvalue weighted by atomic mass is 9.89. The Labute approximate surface area is 837 Å². The van der Waals surface area contributed by atoms with E-state index >= 15 is 0 Å². The molecule has 17 aromatic carbocycles. The first-order valence-corrected chi connectivity index (χ1v) is 49.1. The fraction of sp³-hybridized carbons (Fsp3) is 0.0476. The van der Waals surface area contributed by atoms with Crippen LogP contribution in [-0.4, -0.2) is 86.3 Å². The molecule has 0 fully saturated rings. The number of benzene rings is 17. The standard InChI is InChI=1S/C31H24O7S2.C29H20O.C22H14O4.2C15H14O.C14H10O2/c1-38-40(36,37)26-18-16-25(17-19-26)30-28(23-10-6-3-7-11-23)27(22-8-4-2-5-9-22)29(31(30)32)24-14-12-21(13-15-24)20-39(33,34)35;30-29-27(23-17-9-3-10-18-23)25(21-13-5-1-6-14-21)26(22-15-7-2-8-16-22)28(29)24-19-11-4-12-20-24;23-19(15-7-3-1-4-8-15)21(25)17-11-13-18(14-12-17)22(26)20(24)16-9-5-2-6-10-16;2*16-15(11-13-7-3-1-4-8-13)12-14-9-5-2-6-10-14;15-13(11-7-3-1-4-8-11)14(16)12-9-5-2-6-10-12/h2-19H,20H2,1H3,(H,33,34,35);1-20H;1-14H;2*1-10H,11-12H2;1-10H. The maximum atomic E-state index is 14.3. The Bertz CT molecular complexity index is 7350. The summed E-state index contributed by atoms with van der Waals surface area (Å²) in [6.07, 6.45) is 2.09. The van der Waals surface area contributed by atoms with Gasteiger partial charge in [0, 0.05) is 104 Å². The van der Waals surface area contributed by atoms with Crippen LogP contribution in [0.1, 0.15) is 134 Å². The Balaban J connectivity index is 0.000000142. The molecule has 1 N–H and O–H groups in total. The zero-order valence-corrected chi connectivity index (χ0v) is 79.9. The smallest absolute Gasteiger partial charge is 0.296 e. The Morgan fingerprint density at radius 2 is 0.368 bits per heavy atom. The van der Waals surface area contributed by atoms with Gasteiger partial charge < -0.3 is 0 Å². The monoisotopic (exact) mass is 1930 g/mol. The minimum Gasteiger partial charge on any atom is -0.299 e. The van der Waals surface area contributed by atoms with E-state index in [1.807, 2.05) is 291 Å². The second kappa shape index (κ2) is 50.2. The summed E-state index contributed by atoms with van der Waals surface area (Å²) in [4.78, 5) is 124. The van der Waals surface area contributed by atoms with E-state index in [2.05, 4.69) is 28.4 Å². The summed E-state index contributed by atoms with van der Waals surface area (Å²) in [5, 5.41) is 0. The molecule has 0 unspecified atom stereocenters. The van der Waals surface area contributed by atoms with Crippen molar-refractivity contribution in [1.82, 2.24) is 0 Å². The molecule has 0 saturated heterocycles. The van der Waals surface area contributed by atoms with Crippen LogP contribution < -0.4 is 0 Å². The van der Waals surface area contributed by atoms with E-state index in [1.54, 1.807) is 146 Å². The van der Waals surface area contributed by atoms with Crippen LogP contribution in [0.3, 0.4) is 0 Å². The van der Waals surface area contributed by atoms with Gasteiger partial charge in [-0.1, -0.05) is 485 Å². The van der Waals surface area contributed by atoms with E-state index in [0.717, 1.165) is 85.0 Å². The van der Waals surface area contributed by atoms with Gasteiger partial charge in [0.25, 0.3) is 20.2 Å². The lowest BCUT2D eigenvalue weighted by molar-refractivity contribution is -0.118. The zero-order valence-electron chi connectivity index (χ0n) is 78.3. The first kappa shape index (κ1) is 102. The van der Waals surface area contributed by atoms with E-state index in [9.17, 15) is 69.3 Å². The Hall–Kier alpha value is -17.8. The molecule has 0 aromatic heterocycles. The number of rotatable bonds is 29. The molecule has 0 spiro atoms. The summed E-state index contributed by atoms with van der Waals surface area (Å²) in [6.45, 7) is 0. The van der Waals surface area contributed by atoms with Gasteiger partial charge in [-0.3, -0.25) is 56.7 Å². The number of carbonyl (C=O) groups excluding carboxylic acids is 10. The second-order valence-electron chi connectivity index (χ2n) is 33.2. The van der Waals surface area contributed by atoms with Crippen molar-refractivity contribution in [3.63, 3.8) is 0 Å². The highest BCUT2D eigenvalue weighted by atomic mass is 32.2. The molecule has 0 radical (unpaired) electrons. The summed E-state index contributed by atoms with van der Waals surface area (Å²) in [7, 11) is -7.05. The highest BCUT2D eigenvalue weighted by Gasteiger charge is 2.38. The number of carbonyl (C=O) groups is 10. The van der Waals surface area contributed by atoms with Gasteiger partial charge in [0.2, 0.25) is 34.7 Å². The molecule has 2 aliphatic rings. The lowest BCUT2D eigenvalue weighted by Gasteiger charge is -2.14. The highest BCUT2D eigenvalue weighted by molar-refractivity contribution is 7.86. The molecule has 17 aromatic rings. The number of allylic oxidation sites excluding steroid dienone is 8. The lowest BCUT2D eigenvalue weighted by Crippen LogP contribution is -2.16. The van der Waals surface area contributed by atoms with Crippen molar-refractivity contribution in [1.29, 1.82) is 0 Å². The molecule has 144 heavy (non-hydrogen) atoms. The Kier molecular flexibility index (Phi) is 35.6. The van der Waals surface area contributed by atoms with Crippen LogP contribution in [0.25, 0.3) is 44.6 Å². The molecular weight excluding hydrogens is 1830 g/mol. The Morgan fingerprint density at radius 3 is 0.562 bits per heavy atom. The van der Waals surface area contributed by atoms with Crippen molar-refractivity contribution in [3.05, 3.63) is 603 Å². The molecule has 2 aliphatic carbocycles. The highest BCUT2D eigenvalue weighted by Crippen LogP contribution is 2.52. The maximum absolute atomic E-state index is 14.3. The summed E-state index contributed by atoms with van der Waals surface area (Å²) in [5.74, 6) is -3.70. The van der Waals surface area contributed by atoms with E-state index < -0.39 is 60.7 Å². The first-order chi connectivity index (χ1) is 70.0. The van der Waals surface area contributed by atoms with Gasteiger partial charge in [-0.2, -0.15) is 16.8 Å². The molecule has 16 nitrogen and oxygen atoms in total. The Morgan fingerprint density at radius 1 is 0.201 bits per heavy atom. The predicted molar refractivity (Wildman–Crippen MR) is 567 cm³/mol. The minimum absolute atomic E-state index is 0.0306. The minimum atomic E-state index is -4.22. The van der Waals surface area contributed by atoms with Gasteiger partial charge in [-0.05, 0) is 84.5 Å². The predicted octanol–water partition coefficient (Wildman–Crippen LogP) is 25.0. The molecule has 708 valence electrons. The summed E-state index contributed by atoms with van der Waals surface area (Å²) < 4.78 is 61.0. The third-order valence-electron chi connectivity index (χ3n) is 23.2. The molecule has 0 saturated carbocycles. The summed E-state index contributed by atoms with van der Waals surface area (Å²) in [5.41, 5.74) is 19.0. The summed E-state index contributed by atoms with van der Waals surface area (Å²) >= 11 is 0. The van der Waals surface area contributed by atoms with Crippen LogP contribution in [0.5, 0.6) is 0 Å². The quantitative estimate of drug-likeness (QED) is 0.0197. The molecule has 0 bridgehead atoms. The number of hydrogen-bond acceptors (Lipinski definition) is 15. The maximum Gasteiger partial charge on any atom is 0.296 e. The fourth-order valence-electron chi connectivity index (χ4n) is 16.3. The molecule has 0 aliphatic heterocycles. The van der Waals surface area contributed by atoms with Crippen LogP contribution >= 0.6 is 0 Å². The van der Waals surface area contributed by atoms with Crippen LogP contribution in [0.2, 0.25) is 0 Å². The van der Waals surface area contributed by atoms with Crippen molar-refractivity contribution in [3.8, 4) is 0 Å².